The third-order valence-corrected chi connectivity index (χ3v) is 3.56. The van der Waals surface area contributed by atoms with Gasteiger partial charge in [0, 0.05) is 23.5 Å². The maximum atomic E-state index is 12.2. The summed E-state index contributed by atoms with van der Waals surface area (Å²) in [6.45, 7) is -2.80. The first-order valence-electron chi connectivity index (χ1n) is 7.47. The number of halogens is 2. The zero-order valence-corrected chi connectivity index (χ0v) is 13.0. The van der Waals surface area contributed by atoms with Crippen LogP contribution in [-0.2, 0) is 6.54 Å². The number of para-hydroxylation sites is 1. The van der Waals surface area contributed by atoms with Crippen LogP contribution in [0.3, 0.4) is 0 Å². The van der Waals surface area contributed by atoms with Crippen molar-refractivity contribution in [1.82, 2.24) is 10.3 Å². The SMILES string of the molecule is O=C(NCc1cccc(OC(F)F)c1)c1cc(=O)c2ccccc2[nH]1. The van der Waals surface area contributed by atoms with E-state index in [-0.39, 0.29) is 23.4 Å². The smallest absolute Gasteiger partial charge is 0.387 e. The van der Waals surface area contributed by atoms with Crippen LogP contribution >= 0.6 is 0 Å². The molecule has 7 heteroatoms. The van der Waals surface area contributed by atoms with E-state index in [0.29, 0.717) is 16.5 Å². The minimum absolute atomic E-state index is 0.0147. The number of H-pyrrole nitrogens is 1. The highest BCUT2D eigenvalue weighted by Crippen LogP contribution is 2.16. The van der Waals surface area contributed by atoms with Crippen molar-refractivity contribution >= 4 is 16.8 Å². The molecule has 0 unspecified atom stereocenters. The number of hydrogen-bond acceptors (Lipinski definition) is 3. The summed E-state index contributed by atoms with van der Waals surface area (Å²) in [6, 6.07) is 14.1. The monoisotopic (exact) mass is 344 g/mol. The van der Waals surface area contributed by atoms with Gasteiger partial charge in [0.1, 0.15) is 11.4 Å². The molecule has 3 aromatic rings. The number of ether oxygens (including phenoxy) is 1. The molecule has 0 saturated carbocycles. The van der Waals surface area contributed by atoms with Gasteiger partial charge in [0.05, 0.1) is 0 Å². The van der Waals surface area contributed by atoms with Crippen LogP contribution in [0.4, 0.5) is 8.78 Å². The summed E-state index contributed by atoms with van der Waals surface area (Å²) < 4.78 is 28.8. The van der Waals surface area contributed by atoms with E-state index >= 15 is 0 Å². The van der Waals surface area contributed by atoms with E-state index in [0.717, 1.165) is 0 Å². The maximum Gasteiger partial charge on any atom is 0.387 e. The number of carbonyl (C=O) groups excluding carboxylic acids is 1. The molecule has 1 aromatic heterocycles. The molecule has 0 spiro atoms. The van der Waals surface area contributed by atoms with Crippen LogP contribution in [0.5, 0.6) is 5.75 Å². The van der Waals surface area contributed by atoms with Crippen molar-refractivity contribution < 1.29 is 18.3 Å². The Morgan fingerprint density at radius 2 is 1.92 bits per heavy atom. The normalized spacial score (nSPS) is 10.8. The number of aromatic nitrogens is 1. The molecule has 0 radical (unpaired) electrons. The van der Waals surface area contributed by atoms with E-state index in [9.17, 15) is 18.4 Å². The van der Waals surface area contributed by atoms with Gasteiger partial charge in [-0.15, -0.1) is 0 Å². The molecule has 0 aliphatic heterocycles. The van der Waals surface area contributed by atoms with Crippen molar-refractivity contribution in [3.63, 3.8) is 0 Å². The number of nitrogens with one attached hydrogen (secondary N) is 2. The van der Waals surface area contributed by atoms with Crippen LogP contribution in [0.25, 0.3) is 10.9 Å². The highest BCUT2D eigenvalue weighted by molar-refractivity contribution is 5.94. The molecule has 2 N–H and O–H groups in total. The number of aromatic amines is 1. The average Bonchev–Trinajstić information content (AvgIpc) is 2.59. The number of alkyl halides is 2. The lowest BCUT2D eigenvalue weighted by molar-refractivity contribution is -0.0498. The van der Waals surface area contributed by atoms with Crippen LogP contribution in [0.15, 0.2) is 59.4 Å². The highest BCUT2D eigenvalue weighted by atomic mass is 19.3. The lowest BCUT2D eigenvalue weighted by Crippen LogP contribution is -2.25. The Balaban J connectivity index is 1.74. The molecule has 5 nitrogen and oxygen atoms in total. The Morgan fingerprint density at radius 3 is 2.72 bits per heavy atom. The second-order valence-corrected chi connectivity index (χ2v) is 5.30. The Bertz CT molecular complexity index is 970. The van der Waals surface area contributed by atoms with Gasteiger partial charge in [-0.1, -0.05) is 24.3 Å². The van der Waals surface area contributed by atoms with Crippen LogP contribution < -0.4 is 15.5 Å². The van der Waals surface area contributed by atoms with E-state index < -0.39 is 12.5 Å². The Kier molecular flexibility index (Phi) is 4.74. The van der Waals surface area contributed by atoms with Gasteiger partial charge in [-0.2, -0.15) is 8.78 Å². The molecular weight excluding hydrogens is 330 g/mol. The zero-order valence-electron chi connectivity index (χ0n) is 13.0. The third-order valence-electron chi connectivity index (χ3n) is 3.56. The second-order valence-electron chi connectivity index (χ2n) is 5.30. The number of hydrogen-bond donors (Lipinski definition) is 2. The average molecular weight is 344 g/mol. The largest absolute Gasteiger partial charge is 0.435 e. The van der Waals surface area contributed by atoms with Crippen LogP contribution in [0, 0.1) is 0 Å². The summed E-state index contributed by atoms with van der Waals surface area (Å²) >= 11 is 0. The van der Waals surface area contributed by atoms with Crippen molar-refractivity contribution in [3.8, 4) is 5.75 Å². The van der Waals surface area contributed by atoms with Crippen LogP contribution in [0.1, 0.15) is 16.1 Å². The van der Waals surface area contributed by atoms with Gasteiger partial charge >= 0.3 is 6.61 Å². The quantitative estimate of drug-likeness (QED) is 0.747. The first-order chi connectivity index (χ1) is 12.0. The van der Waals surface area contributed by atoms with E-state index in [1.807, 2.05) is 0 Å². The summed E-state index contributed by atoms with van der Waals surface area (Å²) in [7, 11) is 0. The fraction of sp³-hybridized carbons (Fsp3) is 0.111. The molecule has 0 bridgehead atoms. The van der Waals surface area contributed by atoms with Gasteiger partial charge in [0.15, 0.2) is 5.43 Å². The van der Waals surface area contributed by atoms with Gasteiger partial charge in [-0.25, -0.2) is 0 Å². The van der Waals surface area contributed by atoms with Gasteiger partial charge in [-0.05, 0) is 29.8 Å². The molecule has 3 rings (SSSR count). The number of rotatable bonds is 5. The Morgan fingerprint density at radius 1 is 1.12 bits per heavy atom. The van der Waals surface area contributed by atoms with E-state index in [4.69, 9.17) is 0 Å². The molecule has 2 aromatic carbocycles. The fourth-order valence-corrected chi connectivity index (χ4v) is 2.43. The van der Waals surface area contributed by atoms with E-state index in [1.54, 1.807) is 36.4 Å². The molecule has 1 heterocycles. The molecule has 1 amide bonds. The standard InChI is InChI=1S/C18H14F2N2O3/c19-18(20)25-12-5-3-4-11(8-12)10-21-17(24)15-9-16(23)13-6-1-2-7-14(13)22-15/h1-9,18H,10H2,(H,21,24)(H,22,23). The molecule has 128 valence electrons. The summed E-state index contributed by atoms with van der Waals surface area (Å²) in [5.41, 5.74) is 1.03. The molecule has 25 heavy (non-hydrogen) atoms. The first kappa shape index (κ1) is 16.6. The van der Waals surface area contributed by atoms with E-state index in [1.165, 1.54) is 18.2 Å². The van der Waals surface area contributed by atoms with Crippen LogP contribution in [0.2, 0.25) is 0 Å². The molecule has 0 atom stereocenters. The molecule has 0 aliphatic rings. The van der Waals surface area contributed by atoms with Crippen molar-refractivity contribution in [2.24, 2.45) is 0 Å². The van der Waals surface area contributed by atoms with Crippen molar-refractivity contribution in [3.05, 3.63) is 76.1 Å². The van der Waals surface area contributed by atoms with E-state index in [2.05, 4.69) is 15.0 Å². The summed E-state index contributed by atoms with van der Waals surface area (Å²) in [6.07, 6.45) is 0. The maximum absolute atomic E-state index is 12.2. The van der Waals surface area contributed by atoms with Gasteiger partial charge in [0.25, 0.3) is 5.91 Å². The fourth-order valence-electron chi connectivity index (χ4n) is 2.43. The minimum Gasteiger partial charge on any atom is -0.435 e. The molecular formula is C18H14F2N2O3. The Labute approximate surface area is 141 Å². The van der Waals surface area contributed by atoms with Crippen molar-refractivity contribution in [2.75, 3.05) is 0 Å². The van der Waals surface area contributed by atoms with Gasteiger partial charge in [-0.3, -0.25) is 9.59 Å². The minimum atomic E-state index is -2.91. The van der Waals surface area contributed by atoms with Crippen molar-refractivity contribution in [2.45, 2.75) is 13.2 Å². The highest BCUT2D eigenvalue weighted by Gasteiger charge is 2.10. The number of carbonyl (C=O) groups is 1. The second kappa shape index (κ2) is 7.12. The summed E-state index contributed by atoms with van der Waals surface area (Å²) in [5.74, 6) is -0.455. The third kappa shape index (κ3) is 4.00. The summed E-state index contributed by atoms with van der Waals surface area (Å²) in [4.78, 5) is 27.2. The molecule has 0 fully saturated rings. The summed E-state index contributed by atoms with van der Waals surface area (Å²) in [5, 5.41) is 3.13. The zero-order chi connectivity index (χ0) is 17.8. The molecule has 0 aliphatic carbocycles. The first-order valence-corrected chi connectivity index (χ1v) is 7.47. The predicted octanol–water partition coefficient (Wildman–Crippen LogP) is 3.06. The topological polar surface area (TPSA) is 71.2 Å². The van der Waals surface area contributed by atoms with Crippen LogP contribution in [-0.4, -0.2) is 17.5 Å². The lowest BCUT2D eigenvalue weighted by Gasteiger charge is -2.09. The lowest BCUT2D eigenvalue weighted by atomic mass is 10.2. The Hall–Kier alpha value is -3.22. The molecule has 0 saturated heterocycles. The number of fused-ring (bicyclic) bond motifs is 1. The predicted molar refractivity (Wildman–Crippen MR) is 88.8 cm³/mol. The number of pyridine rings is 1. The van der Waals surface area contributed by atoms with Crippen molar-refractivity contribution in [1.29, 1.82) is 0 Å². The number of amides is 1. The number of benzene rings is 2. The van der Waals surface area contributed by atoms with Gasteiger partial charge < -0.3 is 15.0 Å². The van der Waals surface area contributed by atoms with Gasteiger partial charge in [0.2, 0.25) is 0 Å².